The van der Waals surface area contributed by atoms with Crippen molar-refractivity contribution >= 4 is 28.3 Å². The molecule has 0 bridgehead atoms. The smallest absolute Gasteiger partial charge is 0.226 e. The Morgan fingerprint density at radius 2 is 1.95 bits per heavy atom. The molecular formula is C13H18N3O3S-. The van der Waals surface area contributed by atoms with Crippen molar-refractivity contribution in [3.05, 3.63) is 5.01 Å². The lowest BCUT2D eigenvalue weighted by Crippen LogP contribution is -2.22. The molecule has 0 unspecified atom stereocenters. The highest BCUT2D eigenvalue weighted by Gasteiger charge is 2.20. The van der Waals surface area contributed by atoms with Crippen molar-refractivity contribution in [3.63, 3.8) is 0 Å². The Balaban J connectivity index is 1.79. The van der Waals surface area contributed by atoms with E-state index < -0.39 is 5.97 Å². The first-order valence-corrected chi connectivity index (χ1v) is 7.80. The molecule has 0 aromatic carbocycles. The maximum atomic E-state index is 11.6. The lowest BCUT2D eigenvalue weighted by Gasteiger charge is -2.18. The van der Waals surface area contributed by atoms with E-state index in [2.05, 4.69) is 15.5 Å². The average Bonchev–Trinajstić information content (AvgIpc) is 2.88. The number of anilines is 1. The zero-order chi connectivity index (χ0) is 14.4. The van der Waals surface area contributed by atoms with Crippen molar-refractivity contribution in [1.29, 1.82) is 0 Å². The summed E-state index contributed by atoms with van der Waals surface area (Å²) in [6.45, 7) is 0. The van der Waals surface area contributed by atoms with Crippen LogP contribution in [0.15, 0.2) is 0 Å². The first-order valence-electron chi connectivity index (χ1n) is 6.98. The summed E-state index contributed by atoms with van der Waals surface area (Å²) in [5.74, 6) is -0.879. The van der Waals surface area contributed by atoms with Gasteiger partial charge in [0, 0.05) is 18.3 Å². The van der Waals surface area contributed by atoms with Crippen molar-refractivity contribution in [1.82, 2.24) is 10.2 Å². The molecule has 0 spiro atoms. The van der Waals surface area contributed by atoms with Gasteiger partial charge >= 0.3 is 0 Å². The number of nitrogens with zero attached hydrogens (tertiary/aromatic N) is 2. The second-order valence-electron chi connectivity index (χ2n) is 5.05. The SMILES string of the molecule is O=C([O-])CCCC(=O)Nc1nnc(C2CCCCC2)s1. The summed E-state index contributed by atoms with van der Waals surface area (Å²) in [5.41, 5.74) is 0. The third-order valence-electron chi connectivity index (χ3n) is 3.43. The first kappa shape index (κ1) is 14.9. The Morgan fingerprint density at radius 3 is 2.65 bits per heavy atom. The summed E-state index contributed by atoms with van der Waals surface area (Å²) in [6.07, 6.45) is 6.38. The largest absolute Gasteiger partial charge is 0.550 e. The monoisotopic (exact) mass is 296 g/mol. The van der Waals surface area contributed by atoms with Crippen LogP contribution in [0.3, 0.4) is 0 Å². The quantitative estimate of drug-likeness (QED) is 0.857. The number of carboxylic acids is 1. The van der Waals surface area contributed by atoms with Crippen LogP contribution in [-0.2, 0) is 9.59 Å². The minimum Gasteiger partial charge on any atom is -0.550 e. The fourth-order valence-corrected chi connectivity index (χ4v) is 3.30. The molecule has 1 heterocycles. The predicted molar refractivity (Wildman–Crippen MR) is 73.2 cm³/mol. The van der Waals surface area contributed by atoms with Gasteiger partial charge in [-0.15, -0.1) is 10.2 Å². The molecule has 1 aromatic rings. The van der Waals surface area contributed by atoms with Gasteiger partial charge in [0.05, 0.1) is 0 Å². The molecule has 1 amide bonds. The average molecular weight is 296 g/mol. The van der Waals surface area contributed by atoms with Crippen LogP contribution in [0.25, 0.3) is 0 Å². The van der Waals surface area contributed by atoms with Crippen molar-refractivity contribution in [2.24, 2.45) is 0 Å². The molecule has 1 saturated carbocycles. The van der Waals surface area contributed by atoms with Crippen molar-refractivity contribution < 1.29 is 14.7 Å². The third kappa shape index (κ3) is 4.56. The Labute approximate surface area is 121 Å². The minimum atomic E-state index is -1.13. The highest BCUT2D eigenvalue weighted by molar-refractivity contribution is 7.15. The summed E-state index contributed by atoms with van der Waals surface area (Å²) >= 11 is 1.42. The molecule has 0 atom stereocenters. The number of carboxylic acid groups (broad SMARTS) is 1. The van der Waals surface area contributed by atoms with E-state index in [1.54, 1.807) is 0 Å². The predicted octanol–water partition coefficient (Wildman–Crippen LogP) is 1.44. The molecule has 6 nitrogen and oxygen atoms in total. The summed E-state index contributed by atoms with van der Waals surface area (Å²) < 4.78 is 0. The molecule has 7 heteroatoms. The van der Waals surface area contributed by atoms with Gasteiger partial charge in [0.2, 0.25) is 11.0 Å². The maximum Gasteiger partial charge on any atom is 0.226 e. The number of hydrogen-bond acceptors (Lipinski definition) is 6. The fraction of sp³-hybridized carbons (Fsp3) is 0.692. The molecule has 2 rings (SSSR count). The van der Waals surface area contributed by atoms with E-state index in [4.69, 9.17) is 0 Å². The Morgan fingerprint density at radius 1 is 1.20 bits per heavy atom. The van der Waals surface area contributed by atoms with Crippen LogP contribution in [0.5, 0.6) is 0 Å². The first-order chi connectivity index (χ1) is 9.65. The van der Waals surface area contributed by atoms with Crippen molar-refractivity contribution in [3.8, 4) is 0 Å². The Kier molecular flexibility index (Phi) is 5.46. The lowest BCUT2D eigenvalue weighted by atomic mass is 9.90. The van der Waals surface area contributed by atoms with E-state index in [9.17, 15) is 14.7 Å². The van der Waals surface area contributed by atoms with Gasteiger partial charge in [0.25, 0.3) is 0 Å². The van der Waals surface area contributed by atoms with Gasteiger partial charge in [0.1, 0.15) is 5.01 Å². The summed E-state index contributed by atoms with van der Waals surface area (Å²) in [7, 11) is 0. The third-order valence-corrected chi connectivity index (χ3v) is 4.43. The number of hydrogen-bond donors (Lipinski definition) is 1. The summed E-state index contributed by atoms with van der Waals surface area (Å²) in [4.78, 5) is 21.8. The fourth-order valence-electron chi connectivity index (χ4n) is 2.37. The Hall–Kier alpha value is -1.50. The van der Waals surface area contributed by atoms with Gasteiger partial charge in [-0.25, -0.2) is 0 Å². The van der Waals surface area contributed by atoms with Crippen LogP contribution in [0.4, 0.5) is 5.13 Å². The lowest BCUT2D eigenvalue weighted by molar-refractivity contribution is -0.305. The molecule has 0 radical (unpaired) electrons. The minimum absolute atomic E-state index is 0.100. The van der Waals surface area contributed by atoms with E-state index in [1.165, 1.54) is 30.6 Å². The molecule has 110 valence electrons. The van der Waals surface area contributed by atoms with Gasteiger partial charge in [-0.2, -0.15) is 0 Å². The number of nitrogens with one attached hydrogen (secondary N) is 1. The van der Waals surface area contributed by atoms with Crippen LogP contribution in [0.1, 0.15) is 62.3 Å². The highest BCUT2D eigenvalue weighted by atomic mass is 32.1. The molecular weight excluding hydrogens is 278 g/mol. The number of aromatic nitrogens is 2. The topological polar surface area (TPSA) is 95.0 Å². The van der Waals surface area contributed by atoms with Crippen molar-refractivity contribution in [2.75, 3.05) is 5.32 Å². The van der Waals surface area contributed by atoms with E-state index in [1.807, 2.05) is 0 Å². The Bertz CT molecular complexity index is 469. The maximum absolute atomic E-state index is 11.6. The van der Waals surface area contributed by atoms with Crippen LogP contribution in [0.2, 0.25) is 0 Å². The second kappa shape index (κ2) is 7.33. The molecule has 1 aromatic heterocycles. The number of carbonyl (C=O) groups excluding carboxylic acids is 2. The standard InChI is InChI=1S/C13H19N3O3S/c17-10(7-4-8-11(18)19)14-13-16-15-12(20-13)9-5-2-1-3-6-9/h9H,1-8H2,(H,18,19)(H,14,16,17)/p-1. The molecule has 1 aliphatic carbocycles. The van der Waals surface area contributed by atoms with Crippen LogP contribution < -0.4 is 10.4 Å². The van der Waals surface area contributed by atoms with Crippen LogP contribution in [-0.4, -0.2) is 22.1 Å². The van der Waals surface area contributed by atoms with E-state index in [0.29, 0.717) is 11.0 Å². The molecule has 1 fully saturated rings. The molecule has 20 heavy (non-hydrogen) atoms. The summed E-state index contributed by atoms with van der Waals surface area (Å²) in [5, 5.41) is 22.6. The molecule has 1 N–H and O–H groups in total. The zero-order valence-electron chi connectivity index (χ0n) is 11.3. The molecule has 0 aliphatic heterocycles. The van der Waals surface area contributed by atoms with Crippen molar-refractivity contribution in [2.45, 2.75) is 57.3 Å². The van der Waals surface area contributed by atoms with E-state index >= 15 is 0 Å². The second-order valence-corrected chi connectivity index (χ2v) is 6.06. The van der Waals surface area contributed by atoms with E-state index in [-0.39, 0.29) is 25.2 Å². The summed E-state index contributed by atoms with van der Waals surface area (Å²) in [6, 6.07) is 0. The van der Waals surface area contributed by atoms with Crippen LogP contribution >= 0.6 is 11.3 Å². The van der Waals surface area contributed by atoms with Gasteiger partial charge in [-0.05, 0) is 25.7 Å². The number of rotatable bonds is 6. The highest BCUT2D eigenvalue weighted by Crippen LogP contribution is 2.35. The normalized spacial score (nSPS) is 16.0. The van der Waals surface area contributed by atoms with E-state index in [0.717, 1.165) is 17.8 Å². The van der Waals surface area contributed by atoms with Gasteiger partial charge in [0.15, 0.2) is 0 Å². The van der Waals surface area contributed by atoms with Crippen LogP contribution in [0, 0.1) is 0 Å². The van der Waals surface area contributed by atoms with Gasteiger partial charge in [-0.3, -0.25) is 4.79 Å². The van der Waals surface area contributed by atoms with Gasteiger partial charge in [-0.1, -0.05) is 30.6 Å². The van der Waals surface area contributed by atoms with Gasteiger partial charge < -0.3 is 15.2 Å². The molecule has 1 aliphatic rings. The number of amides is 1. The number of aliphatic carboxylic acids is 1. The molecule has 0 saturated heterocycles. The number of carbonyl (C=O) groups is 2. The zero-order valence-corrected chi connectivity index (χ0v) is 12.1.